The molecule has 0 fully saturated rings. The molecule has 0 atom stereocenters. The van der Waals surface area contributed by atoms with Crippen LogP contribution in [0.3, 0.4) is 0 Å². The molecule has 0 saturated carbocycles. The van der Waals surface area contributed by atoms with E-state index in [0.717, 1.165) is 12.1 Å². The SMILES string of the molecule is CN(C)c1c(F)cc(NC(=O)c2ccn(-c3cccc(F)c3)n2)cc1F. The van der Waals surface area contributed by atoms with Crippen LogP contribution in [0, 0.1) is 17.5 Å². The highest BCUT2D eigenvalue weighted by Crippen LogP contribution is 2.25. The van der Waals surface area contributed by atoms with Crippen molar-refractivity contribution in [3.05, 3.63) is 71.8 Å². The van der Waals surface area contributed by atoms with Crippen molar-refractivity contribution in [3.63, 3.8) is 0 Å². The van der Waals surface area contributed by atoms with Gasteiger partial charge in [-0.15, -0.1) is 0 Å². The van der Waals surface area contributed by atoms with Crippen molar-refractivity contribution in [2.45, 2.75) is 0 Å². The van der Waals surface area contributed by atoms with Crippen LogP contribution in [0.2, 0.25) is 0 Å². The van der Waals surface area contributed by atoms with Gasteiger partial charge in [0.05, 0.1) is 5.69 Å². The Kier molecular flexibility index (Phi) is 4.66. The van der Waals surface area contributed by atoms with Gasteiger partial charge < -0.3 is 10.2 Å². The van der Waals surface area contributed by atoms with E-state index in [-0.39, 0.29) is 17.1 Å². The highest BCUT2D eigenvalue weighted by molar-refractivity contribution is 6.02. The molecule has 5 nitrogen and oxygen atoms in total. The fourth-order valence-corrected chi connectivity index (χ4v) is 2.47. The molecule has 0 aliphatic heterocycles. The van der Waals surface area contributed by atoms with Crippen LogP contribution in [0.5, 0.6) is 0 Å². The molecular weight excluding hydrogens is 345 g/mol. The molecule has 0 bridgehead atoms. The Balaban J connectivity index is 1.81. The second-order valence-electron chi connectivity index (χ2n) is 5.76. The minimum absolute atomic E-state index is 0.0202. The Morgan fingerprint density at radius 2 is 1.77 bits per heavy atom. The van der Waals surface area contributed by atoms with Crippen LogP contribution >= 0.6 is 0 Å². The number of carbonyl (C=O) groups excluding carboxylic acids is 1. The van der Waals surface area contributed by atoms with Gasteiger partial charge in [0.25, 0.3) is 5.91 Å². The predicted molar refractivity (Wildman–Crippen MR) is 92.2 cm³/mol. The van der Waals surface area contributed by atoms with Crippen LogP contribution in [0.15, 0.2) is 48.7 Å². The van der Waals surface area contributed by atoms with Crippen molar-refractivity contribution in [3.8, 4) is 5.69 Å². The molecule has 1 N–H and O–H groups in total. The summed E-state index contributed by atoms with van der Waals surface area (Å²) in [6, 6.07) is 9.17. The largest absolute Gasteiger partial charge is 0.373 e. The average molecular weight is 360 g/mol. The lowest BCUT2D eigenvalue weighted by Crippen LogP contribution is -2.16. The lowest BCUT2D eigenvalue weighted by Gasteiger charge is -2.15. The number of carbonyl (C=O) groups is 1. The number of anilines is 2. The third kappa shape index (κ3) is 3.53. The van der Waals surface area contributed by atoms with Gasteiger partial charge in [0.2, 0.25) is 0 Å². The van der Waals surface area contributed by atoms with Gasteiger partial charge >= 0.3 is 0 Å². The van der Waals surface area contributed by atoms with Crippen molar-refractivity contribution < 1.29 is 18.0 Å². The van der Waals surface area contributed by atoms with Crippen molar-refractivity contribution in [2.24, 2.45) is 0 Å². The van der Waals surface area contributed by atoms with E-state index in [1.54, 1.807) is 6.07 Å². The van der Waals surface area contributed by atoms with Crippen molar-refractivity contribution in [2.75, 3.05) is 24.3 Å². The van der Waals surface area contributed by atoms with E-state index in [4.69, 9.17) is 0 Å². The van der Waals surface area contributed by atoms with Crippen LogP contribution in [0.25, 0.3) is 5.69 Å². The first kappa shape index (κ1) is 17.5. The molecule has 0 saturated heterocycles. The van der Waals surface area contributed by atoms with E-state index in [1.165, 1.54) is 54.1 Å². The first-order valence-corrected chi connectivity index (χ1v) is 7.64. The summed E-state index contributed by atoms with van der Waals surface area (Å²) in [4.78, 5) is 13.6. The van der Waals surface area contributed by atoms with E-state index >= 15 is 0 Å². The van der Waals surface area contributed by atoms with Crippen molar-refractivity contribution >= 4 is 17.3 Å². The molecule has 26 heavy (non-hydrogen) atoms. The number of nitrogens with zero attached hydrogens (tertiary/aromatic N) is 3. The van der Waals surface area contributed by atoms with Crippen molar-refractivity contribution in [1.82, 2.24) is 9.78 Å². The van der Waals surface area contributed by atoms with Gasteiger partial charge in [0.15, 0.2) is 17.3 Å². The minimum Gasteiger partial charge on any atom is -0.373 e. The third-order valence-corrected chi connectivity index (χ3v) is 3.62. The average Bonchev–Trinajstić information content (AvgIpc) is 3.04. The van der Waals surface area contributed by atoms with Gasteiger partial charge in [-0.05, 0) is 36.4 Å². The maximum Gasteiger partial charge on any atom is 0.276 e. The van der Waals surface area contributed by atoms with Gasteiger partial charge in [-0.3, -0.25) is 4.79 Å². The summed E-state index contributed by atoms with van der Waals surface area (Å²) < 4.78 is 42.6. The van der Waals surface area contributed by atoms with E-state index in [9.17, 15) is 18.0 Å². The molecule has 3 rings (SSSR count). The lowest BCUT2D eigenvalue weighted by atomic mass is 10.2. The summed E-state index contributed by atoms with van der Waals surface area (Å²) in [5.41, 5.74) is 0.234. The Hall–Kier alpha value is -3.29. The van der Waals surface area contributed by atoms with E-state index < -0.39 is 23.4 Å². The Morgan fingerprint density at radius 3 is 2.38 bits per heavy atom. The number of nitrogens with one attached hydrogen (secondary N) is 1. The molecule has 0 aliphatic rings. The summed E-state index contributed by atoms with van der Waals surface area (Å²) in [6.07, 6.45) is 1.49. The third-order valence-electron chi connectivity index (χ3n) is 3.62. The normalized spacial score (nSPS) is 10.7. The second-order valence-corrected chi connectivity index (χ2v) is 5.76. The monoisotopic (exact) mass is 360 g/mol. The Morgan fingerprint density at radius 1 is 1.08 bits per heavy atom. The first-order chi connectivity index (χ1) is 12.3. The molecule has 134 valence electrons. The summed E-state index contributed by atoms with van der Waals surface area (Å²) in [7, 11) is 3.03. The molecular formula is C18H15F3N4O. The Bertz CT molecular complexity index is 946. The van der Waals surface area contributed by atoms with E-state index in [0.29, 0.717) is 5.69 Å². The molecule has 0 spiro atoms. The first-order valence-electron chi connectivity index (χ1n) is 7.64. The number of hydrogen-bond acceptors (Lipinski definition) is 3. The number of hydrogen-bond donors (Lipinski definition) is 1. The zero-order valence-corrected chi connectivity index (χ0v) is 14.0. The van der Waals surface area contributed by atoms with Crippen molar-refractivity contribution in [1.29, 1.82) is 0 Å². The molecule has 1 aromatic heterocycles. The fourth-order valence-electron chi connectivity index (χ4n) is 2.47. The summed E-state index contributed by atoms with van der Waals surface area (Å²) >= 11 is 0. The molecule has 1 heterocycles. The van der Waals surface area contributed by atoms with Gasteiger partial charge in [0, 0.05) is 26.0 Å². The van der Waals surface area contributed by atoms with Crippen LogP contribution in [0.1, 0.15) is 10.5 Å². The second kappa shape index (κ2) is 6.91. The number of rotatable bonds is 4. The molecule has 3 aromatic rings. The molecule has 1 amide bonds. The van der Waals surface area contributed by atoms with Crippen LogP contribution < -0.4 is 10.2 Å². The van der Waals surface area contributed by atoms with Gasteiger partial charge in [-0.2, -0.15) is 5.10 Å². The lowest BCUT2D eigenvalue weighted by molar-refractivity contribution is 0.102. The highest BCUT2D eigenvalue weighted by atomic mass is 19.1. The van der Waals surface area contributed by atoms with Gasteiger partial charge in [0.1, 0.15) is 11.5 Å². The predicted octanol–water partition coefficient (Wildman–Crippen LogP) is 3.61. The Labute approximate surface area is 147 Å². The van der Waals surface area contributed by atoms with Gasteiger partial charge in [-0.25, -0.2) is 17.9 Å². The smallest absolute Gasteiger partial charge is 0.276 e. The fraction of sp³-hybridized carbons (Fsp3) is 0.111. The van der Waals surface area contributed by atoms with Crippen LogP contribution in [-0.2, 0) is 0 Å². The molecule has 0 radical (unpaired) electrons. The quantitative estimate of drug-likeness (QED) is 0.773. The molecule has 8 heteroatoms. The standard InChI is InChI=1S/C18H15F3N4O/c1-24(2)17-14(20)9-12(10-15(17)21)22-18(26)16-6-7-25(23-16)13-5-3-4-11(19)8-13/h3-10H,1-2H3,(H,22,26). The topological polar surface area (TPSA) is 50.2 Å². The molecule has 0 aliphatic carbocycles. The number of amides is 1. The summed E-state index contributed by atoms with van der Waals surface area (Å²) in [5.74, 6) is -2.67. The maximum atomic E-state index is 14.0. The van der Waals surface area contributed by atoms with Crippen LogP contribution in [-0.4, -0.2) is 29.8 Å². The van der Waals surface area contributed by atoms with Crippen LogP contribution in [0.4, 0.5) is 24.5 Å². The maximum absolute atomic E-state index is 14.0. The number of benzene rings is 2. The number of halogens is 3. The van der Waals surface area contributed by atoms with E-state index in [2.05, 4.69) is 10.4 Å². The van der Waals surface area contributed by atoms with E-state index in [1.807, 2.05) is 0 Å². The summed E-state index contributed by atoms with van der Waals surface area (Å²) in [6.45, 7) is 0. The number of aromatic nitrogens is 2. The zero-order valence-electron chi connectivity index (χ0n) is 14.0. The minimum atomic E-state index is -0.796. The molecule has 2 aromatic carbocycles. The summed E-state index contributed by atoms with van der Waals surface area (Å²) in [5, 5.41) is 6.45. The highest BCUT2D eigenvalue weighted by Gasteiger charge is 2.16. The zero-order chi connectivity index (χ0) is 18.8. The van der Waals surface area contributed by atoms with Gasteiger partial charge in [-0.1, -0.05) is 6.07 Å². The molecule has 0 unspecified atom stereocenters.